The molecular formula is C16H26N4O. The molecule has 1 aromatic carbocycles. The van der Waals surface area contributed by atoms with Crippen molar-refractivity contribution in [3.05, 3.63) is 35.4 Å². The molecule has 1 fully saturated rings. The van der Waals surface area contributed by atoms with Gasteiger partial charge >= 0.3 is 0 Å². The lowest BCUT2D eigenvalue weighted by Gasteiger charge is -2.33. The lowest BCUT2D eigenvalue weighted by atomic mass is 9.96. The number of rotatable bonds is 6. The van der Waals surface area contributed by atoms with E-state index in [-0.39, 0.29) is 5.91 Å². The highest BCUT2D eigenvalue weighted by Gasteiger charge is 2.20. The van der Waals surface area contributed by atoms with E-state index in [1.807, 2.05) is 25.2 Å². The highest BCUT2D eigenvalue weighted by atomic mass is 16.2. The lowest BCUT2D eigenvalue weighted by molar-refractivity contribution is -0.120. The minimum absolute atomic E-state index is 0.144. The molecule has 1 unspecified atom stereocenters. The Hall–Kier alpha value is -1.43. The Labute approximate surface area is 126 Å². The fraction of sp³-hybridized carbons (Fsp3) is 0.562. The van der Waals surface area contributed by atoms with Gasteiger partial charge in [0.25, 0.3) is 0 Å². The number of carbonyl (C=O) groups is 1. The van der Waals surface area contributed by atoms with Crippen LogP contribution in [0.3, 0.4) is 0 Å². The van der Waals surface area contributed by atoms with Crippen molar-refractivity contribution in [1.82, 2.24) is 15.6 Å². The van der Waals surface area contributed by atoms with Gasteiger partial charge in [-0.15, -0.1) is 0 Å². The normalized spacial score (nSPS) is 19.4. The molecule has 0 bridgehead atoms. The molecule has 21 heavy (non-hydrogen) atoms. The highest BCUT2D eigenvalue weighted by molar-refractivity contribution is 5.78. The van der Waals surface area contributed by atoms with Crippen LogP contribution >= 0.6 is 0 Å². The number of piperidine rings is 1. The summed E-state index contributed by atoms with van der Waals surface area (Å²) in [6.07, 6.45) is 2.90. The van der Waals surface area contributed by atoms with Crippen LogP contribution in [0.4, 0.5) is 0 Å². The predicted molar refractivity (Wildman–Crippen MR) is 84.4 cm³/mol. The van der Waals surface area contributed by atoms with E-state index in [0.717, 1.165) is 37.7 Å². The number of hydrogen-bond donors (Lipinski definition) is 3. The van der Waals surface area contributed by atoms with Crippen LogP contribution < -0.4 is 16.6 Å². The van der Waals surface area contributed by atoms with E-state index in [2.05, 4.69) is 21.7 Å². The first kappa shape index (κ1) is 15.9. The van der Waals surface area contributed by atoms with Crippen molar-refractivity contribution < 1.29 is 4.79 Å². The van der Waals surface area contributed by atoms with E-state index < -0.39 is 0 Å². The number of benzene rings is 1. The second-order valence-corrected chi connectivity index (χ2v) is 5.81. The zero-order chi connectivity index (χ0) is 15.1. The summed E-state index contributed by atoms with van der Waals surface area (Å²) in [6.45, 7) is 4.25. The van der Waals surface area contributed by atoms with E-state index >= 15 is 0 Å². The third kappa shape index (κ3) is 4.81. The van der Waals surface area contributed by atoms with Gasteiger partial charge in [-0.25, -0.2) is 5.84 Å². The summed E-state index contributed by atoms with van der Waals surface area (Å²) < 4.78 is 0. The van der Waals surface area contributed by atoms with Gasteiger partial charge in [-0.3, -0.25) is 15.1 Å². The average Bonchev–Trinajstić information content (AvgIpc) is 2.50. The third-order valence-electron chi connectivity index (χ3n) is 4.12. The van der Waals surface area contributed by atoms with Crippen molar-refractivity contribution in [2.24, 2.45) is 11.8 Å². The van der Waals surface area contributed by atoms with Crippen molar-refractivity contribution in [2.75, 3.05) is 26.7 Å². The van der Waals surface area contributed by atoms with Crippen molar-refractivity contribution >= 4 is 5.91 Å². The minimum atomic E-state index is -0.144. The number of amides is 1. The van der Waals surface area contributed by atoms with Crippen molar-refractivity contribution in [3.8, 4) is 0 Å². The Morgan fingerprint density at radius 2 is 2.14 bits per heavy atom. The van der Waals surface area contributed by atoms with Crippen LogP contribution in [0.1, 0.15) is 24.0 Å². The predicted octanol–water partition coefficient (Wildman–Crippen LogP) is 0.650. The van der Waals surface area contributed by atoms with Gasteiger partial charge in [0.1, 0.15) is 0 Å². The Morgan fingerprint density at radius 1 is 1.38 bits per heavy atom. The molecule has 0 spiro atoms. The molecule has 0 aliphatic carbocycles. The Bertz CT molecular complexity index is 461. The highest BCUT2D eigenvalue weighted by Crippen LogP contribution is 2.20. The average molecular weight is 290 g/mol. The molecule has 1 aliphatic rings. The zero-order valence-electron chi connectivity index (χ0n) is 12.8. The number of nitrogens with one attached hydrogen (secondary N) is 2. The Kier molecular flexibility index (Phi) is 6.17. The van der Waals surface area contributed by atoms with Gasteiger partial charge in [0.05, 0.1) is 6.42 Å². The molecule has 116 valence electrons. The fourth-order valence-electron chi connectivity index (χ4n) is 3.10. The third-order valence-corrected chi connectivity index (χ3v) is 4.12. The van der Waals surface area contributed by atoms with Crippen molar-refractivity contribution in [2.45, 2.75) is 25.8 Å². The zero-order valence-corrected chi connectivity index (χ0v) is 12.8. The standard InChI is InChI=1S/C16H26N4O/c1-18-10-13-5-4-8-20(11-13)12-15-7-3-2-6-14(15)9-16(21)19-17/h2-3,6-7,13,18H,4-5,8-12,17H2,1H3,(H,19,21). The molecule has 1 saturated heterocycles. The number of hydrazine groups is 1. The summed E-state index contributed by atoms with van der Waals surface area (Å²) in [4.78, 5) is 14.0. The lowest BCUT2D eigenvalue weighted by Crippen LogP contribution is -2.38. The monoisotopic (exact) mass is 290 g/mol. The van der Waals surface area contributed by atoms with Crippen LogP contribution in [-0.2, 0) is 17.8 Å². The van der Waals surface area contributed by atoms with Crippen LogP contribution in [0.5, 0.6) is 0 Å². The Morgan fingerprint density at radius 3 is 2.86 bits per heavy atom. The van der Waals surface area contributed by atoms with E-state index in [0.29, 0.717) is 6.42 Å². The summed E-state index contributed by atoms with van der Waals surface area (Å²) >= 11 is 0. The smallest absolute Gasteiger partial charge is 0.238 e. The second kappa shape index (κ2) is 8.12. The first-order valence-electron chi connectivity index (χ1n) is 7.66. The van der Waals surface area contributed by atoms with Crippen molar-refractivity contribution in [3.63, 3.8) is 0 Å². The van der Waals surface area contributed by atoms with Gasteiger partial charge < -0.3 is 5.32 Å². The molecule has 4 N–H and O–H groups in total. The molecule has 0 radical (unpaired) electrons. The van der Waals surface area contributed by atoms with Gasteiger partial charge in [-0.05, 0) is 50.0 Å². The maximum atomic E-state index is 11.5. The van der Waals surface area contributed by atoms with Crippen LogP contribution in [0, 0.1) is 5.92 Å². The van der Waals surface area contributed by atoms with Crippen molar-refractivity contribution in [1.29, 1.82) is 0 Å². The maximum Gasteiger partial charge on any atom is 0.238 e. The molecule has 1 heterocycles. The molecule has 0 saturated carbocycles. The van der Waals surface area contributed by atoms with Gasteiger partial charge in [0, 0.05) is 13.1 Å². The molecule has 0 aromatic heterocycles. The number of likely N-dealkylation sites (tertiary alicyclic amines) is 1. The number of nitrogens with two attached hydrogens (primary N) is 1. The van der Waals surface area contributed by atoms with Crippen LogP contribution in [0.15, 0.2) is 24.3 Å². The van der Waals surface area contributed by atoms with Crippen LogP contribution in [0.2, 0.25) is 0 Å². The summed E-state index contributed by atoms with van der Waals surface area (Å²) in [5, 5.41) is 3.27. The van der Waals surface area contributed by atoms with Gasteiger partial charge in [-0.1, -0.05) is 24.3 Å². The van der Waals surface area contributed by atoms with Crippen LogP contribution in [0.25, 0.3) is 0 Å². The number of hydrogen-bond acceptors (Lipinski definition) is 4. The summed E-state index contributed by atoms with van der Waals surface area (Å²) in [5.41, 5.74) is 4.50. The Balaban J connectivity index is 2.00. The molecule has 5 nitrogen and oxygen atoms in total. The van der Waals surface area contributed by atoms with Gasteiger partial charge in [-0.2, -0.15) is 0 Å². The van der Waals surface area contributed by atoms with E-state index in [1.165, 1.54) is 18.4 Å². The van der Waals surface area contributed by atoms with Crippen LogP contribution in [-0.4, -0.2) is 37.5 Å². The number of carbonyl (C=O) groups excluding carboxylic acids is 1. The quantitative estimate of drug-likeness (QED) is 0.409. The van der Waals surface area contributed by atoms with E-state index in [1.54, 1.807) is 0 Å². The molecular weight excluding hydrogens is 264 g/mol. The van der Waals surface area contributed by atoms with E-state index in [4.69, 9.17) is 5.84 Å². The summed E-state index contributed by atoms with van der Waals surface area (Å²) in [5.74, 6) is 5.77. The SMILES string of the molecule is CNCC1CCCN(Cc2ccccc2CC(=O)NN)C1. The minimum Gasteiger partial charge on any atom is -0.319 e. The number of nitrogens with zero attached hydrogens (tertiary/aromatic N) is 1. The van der Waals surface area contributed by atoms with E-state index in [9.17, 15) is 4.79 Å². The molecule has 1 amide bonds. The molecule has 2 rings (SSSR count). The summed E-state index contributed by atoms with van der Waals surface area (Å²) in [6, 6.07) is 8.14. The molecule has 1 atom stereocenters. The van der Waals surface area contributed by atoms with Gasteiger partial charge in [0.15, 0.2) is 0 Å². The largest absolute Gasteiger partial charge is 0.319 e. The van der Waals surface area contributed by atoms with Gasteiger partial charge in [0.2, 0.25) is 5.91 Å². The molecule has 1 aromatic rings. The summed E-state index contributed by atoms with van der Waals surface area (Å²) in [7, 11) is 2.01. The molecule has 1 aliphatic heterocycles. The fourth-order valence-corrected chi connectivity index (χ4v) is 3.10. The second-order valence-electron chi connectivity index (χ2n) is 5.81. The topological polar surface area (TPSA) is 70.4 Å². The maximum absolute atomic E-state index is 11.5. The first-order valence-corrected chi connectivity index (χ1v) is 7.66. The first-order chi connectivity index (χ1) is 10.2. The molecule has 5 heteroatoms.